The second kappa shape index (κ2) is 6.15. The van der Waals surface area contributed by atoms with Gasteiger partial charge in [-0.05, 0) is 12.8 Å². The molecule has 1 heterocycles. The Balaban J connectivity index is 2.61. The molecule has 0 saturated carbocycles. The number of carbonyl (C=O) groups is 1. The van der Waals surface area contributed by atoms with Crippen molar-refractivity contribution in [1.82, 2.24) is 4.90 Å². The van der Waals surface area contributed by atoms with E-state index in [0.29, 0.717) is 31.1 Å². The lowest BCUT2D eigenvalue weighted by Crippen LogP contribution is -2.49. The minimum atomic E-state index is -0.314. The molecule has 2 unspecified atom stereocenters. The number of nitrogens with two attached hydrogens (primary N) is 1. The van der Waals surface area contributed by atoms with Crippen LogP contribution in [0.1, 0.15) is 26.7 Å². The highest BCUT2D eigenvalue weighted by molar-refractivity contribution is 7.80. The molecule has 1 amide bonds. The van der Waals surface area contributed by atoms with Gasteiger partial charge in [0.15, 0.2) is 0 Å². The fraction of sp³-hybridized carbons (Fsp3) is 0.818. The monoisotopic (exact) mass is 244 g/mol. The second-order valence-corrected chi connectivity index (χ2v) is 4.52. The van der Waals surface area contributed by atoms with Crippen LogP contribution in [-0.2, 0) is 9.53 Å². The predicted octanol–water partition coefficient (Wildman–Crippen LogP) is 0.936. The summed E-state index contributed by atoms with van der Waals surface area (Å²) in [5, 5.41) is 0. The Morgan fingerprint density at radius 1 is 1.62 bits per heavy atom. The number of nitrogens with zero attached hydrogens (tertiary/aromatic N) is 1. The predicted molar refractivity (Wildman–Crippen MR) is 67.2 cm³/mol. The molecule has 0 bridgehead atoms. The molecule has 1 rings (SSSR count). The molecule has 1 saturated heterocycles. The van der Waals surface area contributed by atoms with Crippen LogP contribution in [0.2, 0.25) is 0 Å². The number of hydrogen-bond donors (Lipinski definition) is 1. The van der Waals surface area contributed by atoms with Gasteiger partial charge >= 0.3 is 0 Å². The molecular weight excluding hydrogens is 224 g/mol. The molecule has 5 heteroatoms. The molecule has 1 aliphatic heterocycles. The highest BCUT2D eigenvalue weighted by Gasteiger charge is 2.29. The van der Waals surface area contributed by atoms with E-state index in [0.717, 1.165) is 6.42 Å². The van der Waals surface area contributed by atoms with Crippen LogP contribution in [0.25, 0.3) is 0 Å². The van der Waals surface area contributed by atoms with Crippen molar-refractivity contribution in [1.29, 1.82) is 0 Å². The van der Waals surface area contributed by atoms with E-state index < -0.39 is 0 Å². The van der Waals surface area contributed by atoms with Crippen LogP contribution < -0.4 is 5.73 Å². The molecule has 2 atom stereocenters. The fourth-order valence-corrected chi connectivity index (χ4v) is 2.15. The summed E-state index contributed by atoms with van der Waals surface area (Å²) >= 11 is 4.92. The van der Waals surface area contributed by atoms with E-state index >= 15 is 0 Å². The van der Waals surface area contributed by atoms with Gasteiger partial charge < -0.3 is 15.4 Å². The minimum Gasteiger partial charge on any atom is -0.393 e. The zero-order valence-electron chi connectivity index (χ0n) is 9.94. The van der Waals surface area contributed by atoms with Crippen LogP contribution >= 0.6 is 12.2 Å². The summed E-state index contributed by atoms with van der Waals surface area (Å²) in [7, 11) is 0. The van der Waals surface area contributed by atoms with Crippen molar-refractivity contribution in [3.05, 3.63) is 0 Å². The topological polar surface area (TPSA) is 55.6 Å². The van der Waals surface area contributed by atoms with E-state index in [1.165, 1.54) is 0 Å². The van der Waals surface area contributed by atoms with Gasteiger partial charge in [-0.15, -0.1) is 0 Å². The molecule has 2 N–H and O–H groups in total. The van der Waals surface area contributed by atoms with E-state index in [-0.39, 0.29) is 17.9 Å². The molecule has 1 fully saturated rings. The number of carbonyl (C=O) groups excluding carboxylic acids is 1. The van der Waals surface area contributed by atoms with Gasteiger partial charge in [0.1, 0.15) is 0 Å². The molecule has 92 valence electrons. The Kier molecular flexibility index (Phi) is 5.15. The molecule has 4 nitrogen and oxygen atoms in total. The lowest BCUT2D eigenvalue weighted by molar-refractivity contribution is -0.141. The number of hydrogen-bond acceptors (Lipinski definition) is 3. The third kappa shape index (κ3) is 3.15. The van der Waals surface area contributed by atoms with Gasteiger partial charge in [0, 0.05) is 13.1 Å². The second-order valence-electron chi connectivity index (χ2n) is 4.05. The van der Waals surface area contributed by atoms with Crippen LogP contribution in [0.15, 0.2) is 0 Å². The summed E-state index contributed by atoms with van der Waals surface area (Å²) in [6, 6.07) is 0. The quantitative estimate of drug-likeness (QED) is 0.748. The molecule has 1 aliphatic rings. The number of rotatable bonds is 4. The molecule has 0 radical (unpaired) electrons. The average molecular weight is 244 g/mol. The number of amides is 1. The minimum absolute atomic E-state index is 0.0525. The van der Waals surface area contributed by atoms with E-state index in [4.69, 9.17) is 22.7 Å². The molecule has 0 aromatic rings. The van der Waals surface area contributed by atoms with Gasteiger partial charge in [-0.25, -0.2) is 0 Å². The largest absolute Gasteiger partial charge is 0.393 e. The molecular formula is C11H20N2O2S. The van der Waals surface area contributed by atoms with E-state index in [1.807, 2.05) is 11.8 Å². The average Bonchev–Trinajstić information content (AvgIpc) is 2.29. The van der Waals surface area contributed by atoms with Crippen molar-refractivity contribution in [2.45, 2.75) is 32.8 Å². The van der Waals surface area contributed by atoms with Crippen LogP contribution in [0.3, 0.4) is 0 Å². The van der Waals surface area contributed by atoms with Crippen LogP contribution in [-0.4, -0.2) is 41.6 Å². The maximum absolute atomic E-state index is 12.1. The molecule has 16 heavy (non-hydrogen) atoms. The van der Waals surface area contributed by atoms with E-state index in [1.54, 1.807) is 0 Å². The fourth-order valence-electron chi connectivity index (χ4n) is 1.88. The lowest BCUT2D eigenvalue weighted by Gasteiger charge is -2.34. The Morgan fingerprint density at radius 2 is 2.31 bits per heavy atom. The van der Waals surface area contributed by atoms with E-state index in [2.05, 4.69) is 6.92 Å². The van der Waals surface area contributed by atoms with Gasteiger partial charge in [-0.3, -0.25) is 4.79 Å². The summed E-state index contributed by atoms with van der Waals surface area (Å²) in [6.07, 6.45) is 1.75. The maximum atomic E-state index is 12.1. The van der Waals surface area contributed by atoms with E-state index in [9.17, 15) is 4.79 Å². The summed E-state index contributed by atoms with van der Waals surface area (Å²) in [4.78, 5) is 14.3. The molecule has 0 aliphatic carbocycles. The maximum Gasteiger partial charge on any atom is 0.232 e. The highest BCUT2D eigenvalue weighted by atomic mass is 32.1. The zero-order chi connectivity index (χ0) is 12.1. The SMILES string of the molecule is CCC1CN(C(=O)C(CC)C(N)=S)CCO1. The van der Waals surface area contributed by atoms with Gasteiger partial charge in [0.05, 0.1) is 23.6 Å². The zero-order valence-corrected chi connectivity index (χ0v) is 10.8. The standard InChI is InChI=1S/C11H20N2O2S/c1-3-8-7-13(5-6-15-8)11(14)9(4-2)10(12)16/h8-9H,3-7H2,1-2H3,(H2,12,16). The molecule has 0 aromatic heterocycles. The first kappa shape index (κ1) is 13.4. The summed E-state index contributed by atoms with van der Waals surface area (Å²) in [6.45, 7) is 5.91. The van der Waals surface area contributed by atoms with Gasteiger partial charge in [-0.2, -0.15) is 0 Å². The summed E-state index contributed by atoms with van der Waals surface area (Å²) in [5.41, 5.74) is 5.57. The summed E-state index contributed by atoms with van der Waals surface area (Å²) < 4.78 is 5.52. The van der Waals surface area contributed by atoms with Crippen LogP contribution in [0, 0.1) is 5.92 Å². The summed E-state index contributed by atoms with van der Waals surface area (Å²) in [5.74, 6) is -0.262. The van der Waals surface area contributed by atoms with Crippen molar-refractivity contribution in [3.8, 4) is 0 Å². The van der Waals surface area contributed by atoms with Gasteiger partial charge in [0.25, 0.3) is 0 Å². The number of ether oxygens (including phenoxy) is 1. The smallest absolute Gasteiger partial charge is 0.232 e. The molecule has 0 spiro atoms. The van der Waals surface area contributed by atoms with Crippen molar-refractivity contribution in [2.75, 3.05) is 19.7 Å². The first-order valence-corrected chi connectivity index (χ1v) is 6.20. The van der Waals surface area contributed by atoms with Gasteiger partial charge in [-0.1, -0.05) is 26.1 Å². The number of thiocarbonyl (C=S) groups is 1. The Morgan fingerprint density at radius 3 is 2.81 bits per heavy atom. The van der Waals surface area contributed by atoms with Gasteiger partial charge in [0.2, 0.25) is 5.91 Å². The Labute approximate surface area is 102 Å². The van der Waals surface area contributed by atoms with Crippen molar-refractivity contribution < 1.29 is 9.53 Å². The third-order valence-electron chi connectivity index (χ3n) is 2.96. The van der Waals surface area contributed by atoms with Crippen molar-refractivity contribution in [2.24, 2.45) is 11.7 Å². The Bertz CT molecular complexity index is 271. The Hall–Kier alpha value is -0.680. The van der Waals surface area contributed by atoms with Crippen molar-refractivity contribution >= 4 is 23.1 Å². The normalized spacial score (nSPS) is 22.9. The number of morpholine rings is 1. The third-order valence-corrected chi connectivity index (χ3v) is 3.24. The lowest BCUT2D eigenvalue weighted by atomic mass is 10.0. The van der Waals surface area contributed by atoms with Crippen LogP contribution in [0.4, 0.5) is 0 Å². The molecule has 0 aromatic carbocycles. The highest BCUT2D eigenvalue weighted by Crippen LogP contribution is 2.14. The first-order chi connectivity index (χ1) is 7.60. The first-order valence-electron chi connectivity index (χ1n) is 5.79. The van der Waals surface area contributed by atoms with Crippen LogP contribution in [0.5, 0.6) is 0 Å². The van der Waals surface area contributed by atoms with Crippen molar-refractivity contribution in [3.63, 3.8) is 0 Å².